The van der Waals surface area contributed by atoms with E-state index in [-0.39, 0.29) is 5.91 Å². The molecule has 1 aromatic heterocycles. The fourth-order valence-electron chi connectivity index (χ4n) is 2.03. The van der Waals surface area contributed by atoms with Gasteiger partial charge in [0.25, 0.3) is 0 Å². The number of nitrogens with two attached hydrogens (primary N) is 1. The standard InChI is InChI=1S/C15H18BrN3OS/c1-10-3-4-13(12(17)5-10)18-15(20)8-19(2)7-11-6-14(16)21-9-11/h3-6,9H,7-8,17H2,1-2H3,(H,18,20). The van der Waals surface area contributed by atoms with Crippen molar-refractivity contribution in [2.24, 2.45) is 0 Å². The van der Waals surface area contributed by atoms with Crippen LogP contribution in [0.15, 0.2) is 33.4 Å². The number of hydrogen-bond acceptors (Lipinski definition) is 4. The molecule has 0 bridgehead atoms. The summed E-state index contributed by atoms with van der Waals surface area (Å²) in [4.78, 5) is 14.0. The number of hydrogen-bond donors (Lipinski definition) is 2. The van der Waals surface area contributed by atoms with Crippen LogP contribution in [-0.4, -0.2) is 24.4 Å². The van der Waals surface area contributed by atoms with Gasteiger partial charge in [0.15, 0.2) is 0 Å². The molecule has 0 aliphatic heterocycles. The number of benzene rings is 1. The Labute approximate surface area is 137 Å². The van der Waals surface area contributed by atoms with E-state index >= 15 is 0 Å². The van der Waals surface area contributed by atoms with Gasteiger partial charge < -0.3 is 11.1 Å². The van der Waals surface area contributed by atoms with Crippen LogP contribution >= 0.6 is 27.3 Å². The molecule has 0 spiro atoms. The van der Waals surface area contributed by atoms with Crippen molar-refractivity contribution in [3.8, 4) is 0 Å². The maximum absolute atomic E-state index is 12.0. The van der Waals surface area contributed by atoms with E-state index in [0.717, 1.165) is 15.9 Å². The van der Waals surface area contributed by atoms with E-state index in [2.05, 4.69) is 32.7 Å². The SMILES string of the molecule is Cc1ccc(NC(=O)CN(C)Cc2csc(Br)c2)c(N)c1. The summed E-state index contributed by atoms with van der Waals surface area (Å²) in [7, 11) is 1.92. The molecular weight excluding hydrogens is 350 g/mol. The Bertz CT molecular complexity index is 642. The third-order valence-corrected chi connectivity index (χ3v) is 4.52. The first-order valence-corrected chi connectivity index (χ1v) is 8.19. The minimum absolute atomic E-state index is 0.0673. The minimum atomic E-state index is -0.0673. The van der Waals surface area contributed by atoms with Crippen molar-refractivity contribution in [2.75, 3.05) is 24.6 Å². The smallest absolute Gasteiger partial charge is 0.238 e. The van der Waals surface area contributed by atoms with Crippen LogP contribution in [0.4, 0.5) is 11.4 Å². The van der Waals surface area contributed by atoms with Crippen LogP contribution in [0.25, 0.3) is 0 Å². The monoisotopic (exact) mass is 367 g/mol. The van der Waals surface area contributed by atoms with Crippen molar-refractivity contribution >= 4 is 44.5 Å². The number of amides is 1. The molecule has 112 valence electrons. The summed E-state index contributed by atoms with van der Waals surface area (Å²) in [6.45, 7) is 3.02. The molecule has 0 atom stereocenters. The lowest BCUT2D eigenvalue weighted by molar-refractivity contribution is -0.117. The molecule has 0 saturated heterocycles. The third kappa shape index (κ3) is 4.84. The number of anilines is 2. The molecule has 4 nitrogen and oxygen atoms in total. The van der Waals surface area contributed by atoms with Crippen LogP contribution < -0.4 is 11.1 Å². The van der Waals surface area contributed by atoms with E-state index in [1.54, 1.807) is 11.3 Å². The molecule has 6 heteroatoms. The van der Waals surface area contributed by atoms with Gasteiger partial charge in [0.1, 0.15) is 0 Å². The van der Waals surface area contributed by atoms with Crippen LogP contribution in [0.5, 0.6) is 0 Å². The van der Waals surface area contributed by atoms with Gasteiger partial charge in [-0.2, -0.15) is 0 Å². The predicted molar refractivity (Wildman–Crippen MR) is 92.6 cm³/mol. The number of halogens is 1. The number of nitrogens with one attached hydrogen (secondary N) is 1. The normalized spacial score (nSPS) is 10.9. The lowest BCUT2D eigenvalue weighted by Gasteiger charge is -2.16. The van der Waals surface area contributed by atoms with E-state index < -0.39 is 0 Å². The zero-order chi connectivity index (χ0) is 15.4. The van der Waals surface area contributed by atoms with Gasteiger partial charge in [-0.3, -0.25) is 9.69 Å². The minimum Gasteiger partial charge on any atom is -0.397 e. The Morgan fingerprint density at radius 1 is 1.43 bits per heavy atom. The molecule has 0 unspecified atom stereocenters. The van der Waals surface area contributed by atoms with E-state index in [1.165, 1.54) is 5.56 Å². The first kappa shape index (κ1) is 16.0. The fraction of sp³-hybridized carbons (Fsp3) is 0.267. The Balaban J connectivity index is 1.89. The molecule has 1 aromatic carbocycles. The lowest BCUT2D eigenvalue weighted by atomic mass is 10.2. The highest BCUT2D eigenvalue weighted by Crippen LogP contribution is 2.22. The number of nitrogen functional groups attached to an aromatic ring is 1. The van der Waals surface area contributed by atoms with E-state index in [0.29, 0.717) is 17.9 Å². The molecule has 0 aliphatic rings. The van der Waals surface area contributed by atoms with Gasteiger partial charge in [-0.1, -0.05) is 6.07 Å². The average Bonchev–Trinajstić information content (AvgIpc) is 2.78. The largest absolute Gasteiger partial charge is 0.397 e. The summed E-state index contributed by atoms with van der Waals surface area (Å²) < 4.78 is 1.10. The van der Waals surface area contributed by atoms with Crippen molar-refractivity contribution in [1.82, 2.24) is 4.90 Å². The first-order chi connectivity index (χ1) is 9.94. The van der Waals surface area contributed by atoms with Crippen molar-refractivity contribution in [3.05, 3.63) is 44.6 Å². The van der Waals surface area contributed by atoms with Crippen LogP contribution in [0.1, 0.15) is 11.1 Å². The number of nitrogens with zero attached hydrogens (tertiary/aromatic N) is 1. The van der Waals surface area contributed by atoms with Crippen molar-refractivity contribution in [3.63, 3.8) is 0 Å². The van der Waals surface area contributed by atoms with Gasteiger partial charge in [0.2, 0.25) is 5.91 Å². The quantitative estimate of drug-likeness (QED) is 0.795. The first-order valence-electron chi connectivity index (χ1n) is 6.51. The molecule has 0 fully saturated rings. The fourth-order valence-corrected chi connectivity index (χ4v) is 3.23. The highest BCUT2D eigenvalue weighted by atomic mass is 79.9. The maximum Gasteiger partial charge on any atom is 0.238 e. The molecule has 0 radical (unpaired) electrons. The molecule has 2 aromatic rings. The molecule has 0 aliphatic carbocycles. The summed E-state index contributed by atoms with van der Waals surface area (Å²) in [5, 5.41) is 4.93. The Morgan fingerprint density at radius 3 is 2.81 bits per heavy atom. The number of likely N-dealkylation sites (N-methyl/N-ethyl adjacent to an activating group) is 1. The summed E-state index contributed by atoms with van der Waals surface area (Å²) in [6, 6.07) is 7.68. The van der Waals surface area contributed by atoms with Crippen LogP contribution in [-0.2, 0) is 11.3 Å². The van der Waals surface area contributed by atoms with Crippen LogP contribution in [0.3, 0.4) is 0 Å². The van der Waals surface area contributed by atoms with Gasteiger partial charge in [-0.05, 0) is 64.6 Å². The van der Waals surface area contributed by atoms with Crippen LogP contribution in [0.2, 0.25) is 0 Å². The summed E-state index contributed by atoms with van der Waals surface area (Å²) in [5.41, 5.74) is 9.42. The second-order valence-electron chi connectivity index (χ2n) is 5.07. The number of aryl methyl sites for hydroxylation is 1. The second kappa shape index (κ2) is 7.06. The average molecular weight is 368 g/mol. The van der Waals surface area contributed by atoms with Crippen molar-refractivity contribution < 1.29 is 4.79 Å². The third-order valence-electron chi connectivity index (χ3n) is 2.97. The van der Waals surface area contributed by atoms with Crippen molar-refractivity contribution in [2.45, 2.75) is 13.5 Å². The molecule has 1 heterocycles. The molecule has 2 rings (SSSR count). The number of carbonyl (C=O) groups excluding carboxylic acids is 1. The molecule has 3 N–H and O–H groups in total. The Morgan fingerprint density at radius 2 is 2.19 bits per heavy atom. The summed E-state index contributed by atoms with van der Waals surface area (Å²) in [5.74, 6) is -0.0673. The lowest BCUT2D eigenvalue weighted by Crippen LogP contribution is -2.29. The van der Waals surface area contributed by atoms with E-state index in [1.807, 2.05) is 37.1 Å². The van der Waals surface area contributed by atoms with E-state index in [9.17, 15) is 4.79 Å². The zero-order valence-electron chi connectivity index (χ0n) is 12.0. The number of carbonyl (C=O) groups is 1. The number of thiophene rings is 1. The van der Waals surface area contributed by atoms with Gasteiger partial charge in [0.05, 0.1) is 21.7 Å². The predicted octanol–water partition coefficient (Wildman–Crippen LogP) is 3.47. The van der Waals surface area contributed by atoms with E-state index in [4.69, 9.17) is 5.73 Å². The summed E-state index contributed by atoms with van der Waals surface area (Å²) in [6.07, 6.45) is 0. The zero-order valence-corrected chi connectivity index (χ0v) is 14.4. The topological polar surface area (TPSA) is 58.4 Å². The van der Waals surface area contributed by atoms with Gasteiger partial charge in [-0.15, -0.1) is 11.3 Å². The molecule has 1 amide bonds. The summed E-state index contributed by atoms with van der Waals surface area (Å²) >= 11 is 5.08. The highest BCUT2D eigenvalue weighted by Gasteiger charge is 2.10. The van der Waals surface area contributed by atoms with Gasteiger partial charge in [0, 0.05) is 6.54 Å². The number of rotatable bonds is 5. The van der Waals surface area contributed by atoms with Gasteiger partial charge in [-0.25, -0.2) is 0 Å². The van der Waals surface area contributed by atoms with Gasteiger partial charge >= 0.3 is 0 Å². The Kier molecular flexibility index (Phi) is 5.39. The maximum atomic E-state index is 12.0. The Hall–Kier alpha value is -1.37. The molecule has 0 saturated carbocycles. The molecular formula is C15H18BrN3OS. The van der Waals surface area contributed by atoms with Crippen molar-refractivity contribution in [1.29, 1.82) is 0 Å². The highest BCUT2D eigenvalue weighted by molar-refractivity contribution is 9.11. The second-order valence-corrected chi connectivity index (χ2v) is 7.36. The molecule has 21 heavy (non-hydrogen) atoms. The van der Waals surface area contributed by atoms with Crippen LogP contribution in [0, 0.1) is 6.92 Å².